The van der Waals surface area contributed by atoms with Crippen LogP contribution < -0.4 is 15.4 Å². The van der Waals surface area contributed by atoms with Crippen LogP contribution in [-0.2, 0) is 14.8 Å². The smallest absolute Gasteiger partial charge is 0.241 e. The van der Waals surface area contributed by atoms with Gasteiger partial charge in [-0.1, -0.05) is 0 Å². The SMILES string of the molecule is CNS(=O)(=O)c1ccc(NC(=O)C2CCCN2)cc1. The molecule has 1 unspecified atom stereocenters. The second-order valence-corrected chi connectivity index (χ2v) is 6.26. The van der Waals surface area contributed by atoms with E-state index in [1.54, 1.807) is 12.1 Å². The quantitative estimate of drug-likeness (QED) is 0.741. The number of rotatable bonds is 4. The summed E-state index contributed by atoms with van der Waals surface area (Å²) in [5.74, 6) is -0.0817. The van der Waals surface area contributed by atoms with Crippen LogP contribution in [-0.4, -0.2) is 34.0 Å². The molecule has 1 atom stereocenters. The van der Waals surface area contributed by atoms with Crippen molar-refractivity contribution in [1.29, 1.82) is 0 Å². The molecule has 0 aliphatic carbocycles. The third kappa shape index (κ3) is 3.31. The topological polar surface area (TPSA) is 87.3 Å². The normalized spacial score (nSPS) is 19.3. The van der Waals surface area contributed by atoms with Crippen molar-refractivity contribution in [3.63, 3.8) is 0 Å². The molecule has 6 nitrogen and oxygen atoms in total. The minimum Gasteiger partial charge on any atom is -0.325 e. The molecule has 1 aliphatic rings. The van der Waals surface area contributed by atoms with Crippen LogP contribution in [0, 0.1) is 0 Å². The first-order valence-corrected chi connectivity index (χ1v) is 7.59. The summed E-state index contributed by atoms with van der Waals surface area (Å²) in [5.41, 5.74) is 0.591. The molecule has 0 aromatic heterocycles. The van der Waals surface area contributed by atoms with Crippen LogP contribution in [0.15, 0.2) is 29.2 Å². The molecular formula is C12H17N3O3S. The Morgan fingerprint density at radius 1 is 1.32 bits per heavy atom. The highest BCUT2D eigenvalue weighted by Gasteiger charge is 2.21. The molecule has 1 heterocycles. The lowest BCUT2D eigenvalue weighted by molar-refractivity contribution is -0.117. The highest BCUT2D eigenvalue weighted by atomic mass is 32.2. The number of sulfonamides is 1. The molecule has 1 aliphatic heterocycles. The van der Waals surface area contributed by atoms with E-state index in [0.717, 1.165) is 19.4 Å². The van der Waals surface area contributed by atoms with Crippen LogP contribution in [0.5, 0.6) is 0 Å². The molecule has 7 heteroatoms. The highest BCUT2D eigenvalue weighted by Crippen LogP contribution is 2.15. The van der Waals surface area contributed by atoms with Crippen LogP contribution in [0.3, 0.4) is 0 Å². The number of anilines is 1. The number of hydrogen-bond donors (Lipinski definition) is 3. The predicted molar refractivity (Wildman–Crippen MR) is 72.3 cm³/mol. The molecule has 104 valence electrons. The number of amides is 1. The zero-order chi connectivity index (χ0) is 13.9. The molecule has 0 bridgehead atoms. The monoisotopic (exact) mass is 283 g/mol. The zero-order valence-corrected chi connectivity index (χ0v) is 11.5. The van der Waals surface area contributed by atoms with Gasteiger partial charge >= 0.3 is 0 Å². The molecule has 1 amide bonds. The van der Waals surface area contributed by atoms with E-state index in [0.29, 0.717) is 5.69 Å². The van der Waals surface area contributed by atoms with Crippen LogP contribution in [0.1, 0.15) is 12.8 Å². The van der Waals surface area contributed by atoms with E-state index in [9.17, 15) is 13.2 Å². The minimum absolute atomic E-state index is 0.0817. The number of nitrogens with one attached hydrogen (secondary N) is 3. The van der Waals surface area contributed by atoms with Gasteiger partial charge in [0.25, 0.3) is 0 Å². The summed E-state index contributed by atoms with van der Waals surface area (Å²) in [5, 5.41) is 5.87. The van der Waals surface area contributed by atoms with Gasteiger partial charge in [-0.3, -0.25) is 4.79 Å². The van der Waals surface area contributed by atoms with Gasteiger partial charge in [-0.05, 0) is 50.7 Å². The maximum absolute atomic E-state index is 11.8. The first-order chi connectivity index (χ1) is 9.03. The Bertz CT molecular complexity index is 548. The van der Waals surface area contributed by atoms with Gasteiger partial charge in [-0.2, -0.15) is 0 Å². The van der Waals surface area contributed by atoms with E-state index < -0.39 is 10.0 Å². The van der Waals surface area contributed by atoms with E-state index >= 15 is 0 Å². The van der Waals surface area contributed by atoms with Gasteiger partial charge in [0.1, 0.15) is 0 Å². The summed E-state index contributed by atoms with van der Waals surface area (Å²) in [6.07, 6.45) is 1.83. The number of benzene rings is 1. The summed E-state index contributed by atoms with van der Waals surface area (Å²) in [4.78, 5) is 12.0. The first-order valence-electron chi connectivity index (χ1n) is 6.11. The van der Waals surface area contributed by atoms with Gasteiger partial charge < -0.3 is 10.6 Å². The van der Waals surface area contributed by atoms with E-state index in [1.807, 2.05) is 0 Å². The summed E-state index contributed by atoms with van der Waals surface area (Å²) in [6, 6.07) is 5.93. The summed E-state index contributed by atoms with van der Waals surface area (Å²) in [7, 11) is -2.08. The van der Waals surface area contributed by atoms with Crippen LogP contribution in [0.4, 0.5) is 5.69 Å². The van der Waals surface area contributed by atoms with Gasteiger partial charge in [0, 0.05) is 5.69 Å². The van der Waals surface area contributed by atoms with E-state index in [4.69, 9.17) is 0 Å². The summed E-state index contributed by atoms with van der Waals surface area (Å²) in [6.45, 7) is 0.859. The molecule has 0 spiro atoms. The number of carbonyl (C=O) groups is 1. The van der Waals surface area contributed by atoms with Gasteiger partial charge in [-0.15, -0.1) is 0 Å². The van der Waals surface area contributed by atoms with Crippen molar-refractivity contribution in [2.24, 2.45) is 0 Å². The third-order valence-electron chi connectivity index (χ3n) is 3.08. The van der Waals surface area contributed by atoms with Crippen molar-refractivity contribution in [2.45, 2.75) is 23.8 Å². The van der Waals surface area contributed by atoms with E-state index in [1.165, 1.54) is 19.2 Å². The fraction of sp³-hybridized carbons (Fsp3) is 0.417. The average Bonchev–Trinajstić information content (AvgIpc) is 2.93. The zero-order valence-electron chi connectivity index (χ0n) is 10.6. The standard InChI is InChI=1S/C12H17N3O3S/c1-13-19(17,18)10-6-4-9(5-7-10)15-12(16)11-3-2-8-14-11/h4-7,11,13-14H,2-3,8H2,1H3,(H,15,16). The number of carbonyl (C=O) groups excluding carboxylic acids is 1. The Balaban J connectivity index is 2.04. The predicted octanol–water partition coefficient (Wildman–Crippen LogP) is 0.285. The lowest BCUT2D eigenvalue weighted by Crippen LogP contribution is -2.35. The van der Waals surface area contributed by atoms with Gasteiger partial charge in [0.2, 0.25) is 15.9 Å². The van der Waals surface area contributed by atoms with Gasteiger partial charge in [0.05, 0.1) is 10.9 Å². The largest absolute Gasteiger partial charge is 0.325 e. The van der Waals surface area contributed by atoms with Crippen molar-refractivity contribution < 1.29 is 13.2 Å². The molecule has 0 saturated carbocycles. The molecule has 2 rings (SSSR count). The van der Waals surface area contributed by atoms with Crippen LogP contribution in [0.25, 0.3) is 0 Å². The average molecular weight is 283 g/mol. The Kier molecular flexibility index (Phi) is 4.18. The Hall–Kier alpha value is -1.44. The molecule has 19 heavy (non-hydrogen) atoms. The van der Waals surface area contributed by atoms with Crippen molar-refractivity contribution in [2.75, 3.05) is 18.9 Å². The second kappa shape index (κ2) is 5.68. The molecular weight excluding hydrogens is 266 g/mol. The van der Waals surface area contributed by atoms with Crippen molar-refractivity contribution in [3.8, 4) is 0 Å². The lowest BCUT2D eigenvalue weighted by atomic mass is 10.2. The lowest BCUT2D eigenvalue weighted by Gasteiger charge is -2.11. The van der Waals surface area contributed by atoms with Crippen LogP contribution >= 0.6 is 0 Å². The maximum Gasteiger partial charge on any atom is 0.241 e. The van der Waals surface area contributed by atoms with Gasteiger partial charge in [0.15, 0.2) is 0 Å². The fourth-order valence-corrected chi connectivity index (χ4v) is 2.70. The Labute approximate surface area is 112 Å². The highest BCUT2D eigenvalue weighted by molar-refractivity contribution is 7.89. The molecule has 0 radical (unpaired) electrons. The van der Waals surface area contributed by atoms with Crippen molar-refractivity contribution >= 4 is 21.6 Å². The Morgan fingerprint density at radius 2 is 2.00 bits per heavy atom. The summed E-state index contributed by atoms with van der Waals surface area (Å²) >= 11 is 0. The maximum atomic E-state index is 11.8. The molecule has 1 aromatic carbocycles. The Morgan fingerprint density at radius 3 is 2.53 bits per heavy atom. The van der Waals surface area contributed by atoms with E-state index in [2.05, 4.69) is 15.4 Å². The molecule has 1 fully saturated rings. The molecule has 3 N–H and O–H groups in total. The first kappa shape index (κ1) is 14.0. The van der Waals surface area contributed by atoms with Gasteiger partial charge in [-0.25, -0.2) is 13.1 Å². The van der Waals surface area contributed by atoms with Crippen molar-refractivity contribution in [3.05, 3.63) is 24.3 Å². The fourth-order valence-electron chi connectivity index (χ4n) is 1.97. The molecule has 1 saturated heterocycles. The van der Waals surface area contributed by atoms with Crippen LogP contribution in [0.2, 0.25) is 0 Å². The third-order valence-corrected chi connectivity index (χ3v) is 4.51. The summed E-state index contributed by atoms with van der Waals surface area (Å²) < 4.78 is 25.3. The minimum atomic E-state index is -3.43. The van der Waals surface area contributed by atoms with E-state index in [-0.39, 0.29) is 16.8 Å². The number of hydrogen-bond acceptors (Lipinski definition) is 4. The molecule has 1 aromatic rings. The van der Waals surface area contributed by atoms with Crippen molar-refractivity contribution in [1.82, 2.24) is 10.0 Å². The second-order valence-electron chi connectivity index (χ2n) is 4.37.